The molecule has 0 radical (unpaired) electrons. The van der Waals surface area contributed by atoms with Crippen LogP contribution in [0, 0.1) is 5.82 Å². The molecule has 0 aromatic carbocycles. The molecule has 0 spiro atoms. The Hall–Kier alpha value is -1.69. The zero-order chi connectivity index (χ0) is 14.4. The summed E-state index contributed by atoms with van der Waals surface area (Å²) in [5.41, 5.74) is 0. The number of halogens is 1. The molecule has 0 saturated carbocycles. The fourth-order valence-corrected chi connectivity index (χ4v) is 2.59. The molecule has 108 valence electrons. The molecule has 0 fully saturated rings. The molecule has 0 atom stereocenters. The summed E-state index contributed by atoms with van der Waals surface area (Å²) in [5.74, 6) is 0.264. The summed E-state index contributed by atoms with van der Waals surface area (Å²) in [6.07, 6.45) is 3.19. The van der Waals surface area contributed by atoms with Gasteiger partial charge in [-0.3, -0.25) is 0 Å². The normalized spacial score (nSPS) is 10.6. The van der Waals surface area contributed by atoms with E-state index in [0.29, 0.717) is 12.5 Å². The first-order valence-electron chi connectivity index (χ1n) is 6.80. The van der Waals surface area contributed by atoms with E-state index < -0.39 is 5.82 Å². The molecule has 0 saturated heterocycles. The van der Waals surface area contributed by atoms with E-state index in [1.165, 1.54) is 16.0 Å². The van der Waals surface area contributed by atoms with Crippen LogP contribution in [0.5, 0.6) is 0 Å². The van der Waals surface area contributed by atoms with Gasteiger partial charge in [-0.15, -0.1) is 11.3 Å². The van der Waals surface area contributed by atoms with Crippen LogP contribution in [0.4, 0.5) is 16.2 Å². The summed E-state index contributed by atoms with van der Waals surface area (Å²) >= 11 is 1.73. The minimum Gasteiger partial charge on any atom is -0.363 e. The Morgan fingerprint density at radius 3 is 2.70 bits per heavy atom. The average molecular weight is 294 g/mol. The molecule has 0 amide bonds. The molecule has 0 bridgehead atoms. The van der Waals surface area contributed by atoms with Gasteiger partial charge in [0.05, 0.1) is 12.7 Å². The number of anilines is 2. The summed E-state index contributed by atoms with van der Waals surface area (Å²) in [6.45, 7) is 5.53. The van der Waals surface area contributed by atoms with Crippen molar-refractivity contribution in [2.24, 2.45) is 0 Å². The van der Waals surface area contributed by atoms with Crippen LogP contribution in [0.2, 0.25) is 0 Å². The van der Waals surface area contributed by atoms with Gasteiger partial charge in [0.1, 0.15) is 0 Å². The van der Waals surface area contributed by atoms with E-state index in [4.69, 9.17) is 0 Å². The predicted octanol–water partition coefficient (Wildman–Crippen LogP) is 3.67. The zero-order valence-corrected chi connectivity index (χ0v) is 12.6. The largest absolute Gasteiger partial charge is 0.363 e. The quantitative estimate of drug-likeness (QED) is 0.818. The number of rotatable bonds is 7. The first-order chi connectivity index (χ1) is 9.72. The Balaban J connectivity index is 2.00. The molecule has 2 N–H and O–H groups in total. The summed E-state index contributed by atoms with van der Waals surface area (Å²) in [4.78, 5) is 10.6. The highest BCUT2D eigenvalue weighted by molar-refractivity contribution is 7.12. The van der Waals surface area contributed by atoms with Crippen LogP contribution >= 0.6 is 11.3 Å². The third-order valence-electron chi connectivity index (χ3n) is 2.77. The number of nitrogens with zero attached hydrogens (tertiary/aromatic N) is 2. The van der Waals surface area contributed by atoms with Gasteiger partial charge in [0.15, 0.2) is 11.6 Å². The summed E-state index contributed by atoms with van der Waals surface area (Å²) in [7, 11) is 0. The summed E-state index contributed by atoms with van der Waals surface area (Å²) in [5, 5.41) is 6.07. The van der Waals surface area contributed by atoms with Crippen LogP contribution in [-0.4, -0.2) is 16.5 Å². The molecule has 6 heteroatoms. The fourth-order valence-electron chi connectivity index (χ4n) is 1.69. The Kier molecular flexibility index (Phi) is 5.29. The monoisotopic (exact) mass is 294 g/mol. The molecule has 2 rings (SSSR count). The molecule has 2 aromatic heterocycles. The topological polar surface area (TPSA) is 49.8 Å². The van der Waals surface area contributed by atoms with Crippen molar-refractivity contribution in [3.05, 3.63) is 33.9 Å². The third-order valence-corrected chi connectivity index (χ3v) is 4.00. The number of hydrogen-bond acceptors (Lipinski definition) is 5. The maximum atomic E-state index is 13.7. The van der Waals surface area contributed by atoms with Gasteiger partial charge in [0.2, 0.25) is 5.95 Å². The van der Waals surface area contributed by atoms with Crippen LogP contribution in [0.3, 0.4) is 0 Å². The number of hydrogen-bond donors (Lipinski definition) is 2. The van der Waals surface area contributed by atoms with Crippen molar-refractivity contribution < 1.29 is 4.39 Å². The summed E-state index contributed by atoms with van der Waals surface area (Å²) < 4.78 is 13.7. The SMILES string of the molecule is CCCNc1ncc(F)c(NCc2ccc(CC)s2)n1. The van der Waals surface area contributed by atoms with Crippen molar-refractivity contribution in [2.45, 2.75) is 33.2 Å². The molecular weight excluding hydrogens is 275 g/mol. The summed E-state index contributed by atoms with van der Waals surface area (Å²) in [6, 6.07) is 4.16. The molecular formula is C14H19FN4S. The zero-order valence-electron chi connectivity index (χ0n) is 11.7. The second-order valence-electron chi connectivity index (χ2n) is 4.39. The fraction of sp³-hybridized carbons (Fsp3) is 0.429. The lowest BCUT2D eigenvalue weighted by molar-refractivity contribution is 0.617. The van der Waals surface area contributed by atoms with Crippen molar-refractivity contribution in [2.75, 3.05) is 17.2 Å². The van der Waals surface area contributed by atoms with Crippen molar-refractivity contribution in [1.29, 1.82) is 0 Å². The van der Waals surface area contributed by atoms with Crippen LogP contribution < -0.4 is 10.6 Å². The van der Waals surface area contributed by atoms with E-state index in [2.05, 4.69) is 46.6 Å². The molecule has 2 heterocycles. The van der Waals surface area contributed by atoms with Crippen LogP contribution in [0.25, 0.3) is 0 Å². The lowest BCUT2D eigenvalue weighted by Gasteiger charge is -2.08. The van der Waals surface area contributed by atoms with E-state index in [-0.39, 0.29) is 5.82 Å². The Bertz CT molecular complexity index is 556. The first kappa shape index (κ1) is 14.7. The number of thiophene rings is 1. The number of aryl methyl sites for hydroxylation is 1. The van der Waals surface area contributed by atoms with Crippen molar-refractivity contribution in [3.63, 3.8) is 0 Å². The maximum absolute atomic E-state index is 13.7. The lowest BCUT2D eigenvalue weighted by atomic mass is 10.3. The van der Waals surface area contributed by atoms with Crippen LogP contribution in [0.15, 0.2) is 18.3 Å². The highest BCUT2D eigenvalue weighted by Gasteiger charge is 2.07. The Morgan fingerprint density at radius 1 is 1.20 bits per heavy atom. The smallest absolute Gasteiger partial charge is 0.224 e. The van der Waals surface area contributed by atoms with E-state index in [0.717, 1.165) is 19.4 Å². The minimum atomic E-state index is -0.431. The highest BCUT2D eigenvalue weighted by atomic mass is 32.1. The van der Waals surface area contributed by atoms with Gasteiger partial charge in [-0.2, -0.15) is 4.98 Å². The van der Waals surface area contributed by atoms with E-state index in [9.17, 15) is 4.39 Å². The molecule has 0 unspecified atom stereocenters. The average Bonchev–Trinajstić information content (AvgIpc) is 2.93. The highest BCUT2D eigenvalue weighted by Crippen LogP contribution is 2.19. The van der Waals surface area contributed by atoms with Crippen molar-refractivity contribution in [3.8, 4) is 0 Å². The van der Waals surface area contributed by atoms with Gasteiger partial charge in [-0.1, -0.05) is 13.8 Å². The number of nitrogens with one attached hydrogen (secondary N) is 2. The molecule has 0 aliphatic rings. The minimum absolute atomic E-state index is 0.241. The molecule has 20 heavy (non-hydrogen) atoms. The predicted molar refractivity (Wildman–Crippen MR) is 81.8 cm³/mol. The Morgan fingerprint density at radius 2 is 2.00 bits per heavy atom. The second kappa shape index (κ2) is 7.19. The van der Waals surface area contributed by atoms with Gasteiger partial charge in [-0.25, -0.2) is 9.37 Å². The van der Waals surface area contributed by atoms with Gasteiger partial charge in [-0.05, 0) is 25.0 Å². The van der Waals surface area contributed by atoms with E-state index in [1.54, 1.807) is 11.3 Å². The van der Waals surface area contributed by atoms with Gasteiger partial charge < -0.3 is 10.6 Å². The van der Waals surface area contributed by atoms with E-state index >= 15 is 0 Å². The van der Waals surface area contributed by atoms with Gasteiger partial charge in [0, 0.05) is 16.3 Å². The molecule has 0 aliphatic carbocycles. The molecule has 4 nitrogen and oxygen atoms in total. The standard InChI is InChI=1S/C14H19FN4S/c1-3-7-16-14-18-9-12(15)13(19-14)17-8-11-6-5-10(4-2)20-11/h5-6,9H,3-4,7-8H2,1-2H3,(H2,16,17,18,19). The Labute approximate surface area is 122 Å². The number of aromatic nitrogens is 2. The van der Waals surface area contributed by atoms with Crippen molar-refractivity contribution >= 4 is 23.1 Å². The molecule has 2 aromatic rings. The van der Waals surface area contributed by atoms with Crippen molar-refractivity contribution in [1.82, 2.24) is 9.97 Å². The second-order valence-corrected chi connectivity index (χ2v) is 5.64. The maximum Gasteiger partial charge on any atom is 0.224 e. The van der Waals surface area contributed by atoms with Gasteiger partial charge in [0.25, 0.3) is 0 Å². The lowest BCUT2D eigenvalue weighted by Crippen LogP contribution is -2.08. The van der Waals surface area contributed by atoms with Gasteiger partial charge >= 0.3 is 0 Å². The molecule has 0 aliphatic heterocycles. The van der Waals surface area contributed by atoms with Crippen LogP contribution in [-0.2, 0) is 13.0 Å². The van der Waals surface area contributed by atoms with Crippen LogP contribution in [0.1, 0.15) is 30.0 Å². The third kappa shape index (κ3) is 3.90. The van der Waals surface area contributed by atoms with E-state index in [1.807, 2.05) is 0 Å². The first-order valence-corrected chi connectivity index (χ1v) is 7.62.